The summed E-state index contributed by atoms with van der Waals surface area (Å²) in [5, 5.41) is 11.9. The molecule has 1 fully saturated rings. The molecule has 0 aromatic carbocycles. The summed E-state index contributed by atoms with van der Waals surface area (Å²) in [4.78, 5) is 25.1. The molecule has 0 aromatic heterocycles. The Kier molecular flexibility index (Phi) is 4.79. The van der Waals surface area contributed by atoms with E-state index in [4.69, 9.17) is 4.74 Å². The Morgan fingerprint density at radius 2 is 2.11 bits per heavy atom. The van der Waals surface area contributed by atoms with Gasteiger partial charge in [-0.3, -0.25) is 4.79 Å². The summed E-state index contributed by atoms with van der Waals surface area (Å²) in [5.41, 5.74) is -1.29. The minimum atomic E-state index is -0.925. The summed E-state index contributed by atoms with van der Waals surface area (Å²) in [6, 6.07) is -0.228. The molecule has 1 atom stereocenters. The molecule has 6 heteroatoms. The molecular formula is C13H24N2O4. The fourth-order valence-electron chi connectivity index (χ4n) is 1.95. The van der Waals surface area contributed by atoms with E-state index in [0.717, 1.165) is 0 Å². The monoisotopic (exact) mass is 272 g/mol. The van der Waals surface area contributed by atoms with Gasteiger partial charge in [0, 0.05) is 13.1 Å². The molecule has 19 heavy (non-hydrogen) atoms. The molecule has 0 aliphatic carbocycles. The maximum Gasteiger partial charge on any atom is 0.318 e. The van der Waals surface area contributed by atoms with Crippen LogP contribution in [0.15, 0.2) is 0 Å². The number of urea groups is 1. The first-order valence-corrected chi connectivity index (χ1v) is 6.59. The van der Waals surface area contributed by atoms with Gasteiger partial charge in [-0.15, -0.1) is 0 Å². The maximum absolute atomic E-state index is 12.2. The molecule has 2 amide bonds. The van der Waals surface area contributed by atoms with Crippen LogP contribution >= 0.6 is 0 Å². The van der Waals surface area contributed by atoms with Crippen LogP contribution in [0.1, 0.15) is 34.1 Å². The van der Waals surface area contributed by atoms with Gasteiger partial charge in [0.2, 0.25) is 0 Å². The predicted octanol–water partition coefficient (Wildman–Crippen LogP) is 1.31. The molecule has 0 aromatic rings. The predicted molar refractivity (Wildman–Crippen MR) is 71.0 cm³/mol. The summed E-state index contributed by atoms with van der Waals surface area (Å²) >= 11 is 0. The van der Waals surface area contributed by atoms with E-state index in [2.05, 4.69) is 5.32 Å². The summed E-state index contributed by atoms with van der Waals surface area (Å²) in [6.07, 6.45) is 0.467. The molecule has 110 valence electrons. The fraction of sp³-hybridized carbons (Fsp3) is 0.846. The SMILES string of the molecule is CCC(C)(CNC(=O)N1CCOCC1(C)C)C(=O)O. The van der Waals surface area contributed by atoms with Gasteiger partial charge in [0.05, 0.1) is 24.2 Å². The quantitative estimate of drug-likeness (QED) is 0.808. The first-order chi connectivity index (χ1) is 8.73. The molecule has 1 aliphatic heterocycles. The van der Waals surface area contributed by atoms with Crippen molar-refractivity contribution >= 4 is 12.0 Å². The minimum Gasteiger partial charge on any atom is -0.481 e. The molecule has 1 saturated heterocycles. The highest BCUT2D eigenvalue weighted by Gasteiger charge is 2.36. The molecule has 0 spiro atoms. The molecule has 0 radical (unpaired) electrons. The lowest BCUT2D eigenvalue weighted by atomic mass is 9.88. The van der Waals surface area contributed by atoms with E-state index in [9.17, 15) is 14.7 Å². The topological polar surface area (TPSA) is 78.9 Å². The lowest BCUT2D eigenvalue weighted by molar-refractivity contribution is -0.147. The van der Waals surface area contributed by atoms with Gasteiger partial charge in [-0.1, -0.05) is 6.92 Å². The van der Waals surface area contributed by atoms with E-state index in [0.29, 0.717) is 26.2 Å². The maximum atomic E-state index is 12.2. The highest BCUT2D eigenvalue weighted by atomic mass is 16.5. The van der Waals surface area contributed by atoms with Gasteiger partial charge < -0.3 is 20.1 Å². The largest absolute Gasteiger partial charge is 0.481 e. The Morgan fingerprint density at radius 1 is 1.47 bits per heavy atom. The number of carboxylic acid groups (broad SMARTS) is 1. The van der Waals surface area contributed by atoms with Crippen LogP contribution in [0.3, 0.4) is 0 Å². The van der Waals surface area contributed by atoms with Crippen molar-refractivity contribution in [3.05, 3.63) is 0 Å². The number of carbonyl (C=O) groups is 2. The number of morpholine rings is 1. The zero-order valence-electron chi connectivity index (χ0n) is 12.2. The zero-order valence-corrected chi connectivity index (χ0v) is 12.2. The summed E-state index contributed by atoms with van der Waals surface area (Å²) < 4.78 is 5.35. The second kappa shape index (κ2) is 5.77. The normalized spacial score (nSPS) is 21.6. The Hall–Kier alpha value is -1.30. The van der Waals surface area contributed by atoms with Gasteiger partial charge >= 0.3 is 12.0 Å². The van der Waals surface area contributed by atoms with Crippen molar-refractivity contribution in [2.45, 2.75) is 39.7 Å². The van der Waals surface area contributed by atoms with Gasteiger partial charge in [0.15, 0.2) is 0 Å². The van der Waals surface area contributed by atoms with Gasteiger partial charge in [0.25, 0.3) is 0 Å². The summed E-state index contributed by atoms with van der Waals surface area (Å²) in [6.45, 7) is 8.97. The number of ether oxygens (including phenoxy) is 1. The standard InChI is InChI=1S/C13H24N2O4/c1-5-13(4,10(16)17)8-14-11(18)15-6-7-19-9-12(15,2)3/h5-9H2,1-4H3,(H,14,18)(H,16,17). The molecule has 1 heterocycles. The van der Waals surface area contributed by atoms with E-state index in [1.807, 2.05) is 13.8 Å². The van der Waals surface area contributed by atoms with Crippen molar-refractivity contribution in [1.29, 1.82) is 0 Å². The van der Waals surface area contributed by atoms with Crippen molar-refractivity contribution in [3.63, 3.8) is 0 Å². The third-order valence-electron chi connectivity index (χ3n) is 3.82. The average molecular weight is 272 g/mol. The zero-order chi connectivity index (χ0) is 14.7. The van der Waals surface area contributed by atoms with Gasteiger partial charge in [-0.2, -0.15) is 0 Å². The lowest BCUT2D eigenvalue weighted by Crippen LogP contribution is -2.59. The van der Waals surface area contributed by atoms with Crippen LogP contribution in [0.25, 0.3) is 0 Å². The van der Waals surface area contributed by atoms with Crippen molar-refractivity contribution in [2.75, 3.05) is 26.3 Å². The van der Waals surface area contributed by atoms with Crippen LogP contribution < -0.4 is 5.32 Å². The third kappa shape index (κ3) is 3.59. The number of hydrogen-bond acceptors (Lipinski definition) is 3. The number of aliphatic carboxylic acids is 1. The van der Waals surface area contributed by atoms with Crippen LogP contribution in [0.5, 0.6) is 0 Å². The van der Waals surface area contributed by atoms with Crippen LogP contribution in [0.2, 0.25) is 0 Å². The summed E-state index contributed by atoms with van der Waals surface area (Å²) in [7, 11) is 0. The molecule has 0 bridgehead atoms. The van der Waals surface area contributed by atoms with Crippen LogP contribution in [0, 0.1) is 5.41 Å². The number of hydrogen-bond donors (Lipinski definition) is 2. The van der Waals surface area contributed by atoms with Crippen molar-refractivity contribution < 1.29 is 19.4 Å². The number of amides is 2. The van der Waals surface area contributed by atoms with E-state index in [1.54, 1.807) is 18.7 Å². The van der Waals surface area contributed by atoms with Crippen molar-refractivity contribution in [1.82, 2.24) is 10.2 Å². The van der Waals surface area contributed by atoms with Gasteiger partial charge in [-0.25, -0.2) is 4.79 Å². The molecule has 0 saturated carbocycles. The average Bonchev–Trinajstić information content (AvgIpc) is 2.34. The highest BCUT2D eigenvalue weighted by molar-refractivity contribution is 5.78. The number of rotatable bonds is 4. The second-order valence-electron chi connectivity index (χ2n) is 5.89. The Labute approximate surface area is 114 Å². The number of carbonyl (C=O) groups excluding carboxylic acids is 1. The van der Waals surface area contributed by atoms with Gasteiger partial charge in [0.1, 0.15) is 0 Å². The highest BCUT2D eigenvalue weighted by Crippen LogP contribution is 2.22. The Balaban J connectivity index is 2.62. The molecular weight excluding hydrogens is 248 g/mol. The minimum absolute atomic E-state index is 0.130. The molecule has 1 unspecified atom stereocenters. The summed E-state index contributed by atoms with van der Waals surface area (Å²) in [5.74, 6) is -0.892. The van der Waals surface area contributed by atoms with Crippen molar-refractivity contribution in [2.24, 2.45) is 5.41 Å². The van der Waals surface area contributed by atoms with E-state index >= 15 is 0 Å². The molecule has 1 rings (SSSR count). The number of nitrogens with zero attached hydrogens (tertiary/aromatic N) is 1. The lowest BCUT2D eigenvalue weighted by Gasteiger charge is -2.42. The fourth-order valence-corrected chi connectivity index (χ4v) is 1.95. The van der Waals surface area contributed by atoms with E-state index in [1.165, 1.54) is 0 Å². The Bertz CT molecular complexity index is 357. The van der Waals surface area contributed by atoms with Crippen LogP contribution in [-0.4, -0.2) is 53.8 Å². The molecule has 2 N–H and O–H groups in total. The van der Waals surface area contributed by atoms with Gasteiger partial charge in [-0.05, 0) is 27.2 Å². The first kappa shape index (κ1) is 15.8. The first-order valence-electron chi connectivity index (χ1n) is 6.59. The smallest absolute Gasteiger partial charge is 0.318 e. The van der Waals surface area contributed by atoms with E-state index in [-0.39, 0.29) is 18.1 Å². The van der Waals surface area contributed by atoms with Crippen LogP contribution in [0.4, 0.5) is 4.79 Å². The van der Waals surface area contributed by atoms with E-state index < -0.39 is 11.4 Å². The molecule has 1 aliphatic rings. The van der Waals surface area contributed by atoms with Crippen molar-refractivity contribution in [3.8, 4) is 0 Å². The second-order valence-corrected chi connectivity index (χ2v) is 5.89. The van der Waals surface area contributed by atoms with Crippen LogP contribution in [-0.2, 0) is 9.53 Å². The number of carboxylic acids is 1. The molecule has 6 nitrogen and oxygen atoms in total. The Morgan fingerprint density at radius 3 is 2.58 bits per heavy atom. The third-order valence-corrected chi connectivity index (χ3v) is 3.82. The number of nitrogens with one attached hydrogen (secondary N) is 1.